The molecule has 1 aliphatic heterocycles. The molecule has 0 spiro atoms. The number of aliphatic hydroxyl groups excluding tert-OH is 1. The summed E-state index contributed by atoms with van der Waals surface area (Å²) in [5.74, 6) is 0.525. The number of rotatable bonds is 3. The van der Waals surface area contributed by atoms with E-state index >= 15 is 0 Å². The summed E-state index contributed by atoms with van der Waals surface area (Å²) >= 11 is 1.59. The molecule has 21 heavy (non-hydrogen) atoms. The zero-order valence-electron chi connectivity index (χ0n) is 11.7. The lowest BCUT2D eigenvalue weighted by molar-refractivity contribution is -0.125. The van der Waals surface area contributed by atoms with E-state index in [1.54, 1.807) is 25.9 Å². The number of anilines is 1. The fraction of sp³-hybridized carbons (Fsp3) is 0.188. The minimum absolute atomic E-state index is 0.284. The van der Waals surface area contributed by atoms with Crippen LogP contribution in [0.3, 0.4) is 0 Å². The van der Waals surface area contributed by atoms with Gasteiger partial charge in [-0.25, -0.2) is 0 Å². The van der Waals surface area contributed by atoms with E-state index in [9.17, 15) is 9.90 Å². The molecule has 2 aromatic rings. The van der Waals surface area contributed by atoms with Gasteiger partial charge in [0.15, 0.2) is 6.10 Å². The molecule has 4 nitrogen and oxygen atoms in total. The van der Waals surface area contributed by atoms with Gasteiger partial charge in [-0.15, -0.1) is 0 Å². The molecule has 0 radical (unpaired) electrons. The van der Waals surface area contributed by atoms with E-state index in [1.165, 1.54) is 4.90 Å². The number of carbonyl (C=O) groups excluding carboxylic acids is 1. The molecule has 0 saturated carbocycles. The SMILES string of the molecule is COc1cccc(Sc2ccc3c(c2)N(C)C(=O)C3O)c1. The highest BCUT2D eigenvalue weighted by atomic mass is 32.2. The van der Waals surface area contributed by atoms with Gasteiger partial charge in [0.2, 0.25) is 0 Å². The molecule has 1 unspecified atom stereocenters. The van der Waals surface area contributed by atoms with Crippen LogP contribution in [-0.4, -0.2) is 25.2 Å². The summed E-state index contributed by atoms with van der Waals surface area (Å²) in [6.07, 6.45) is -1.04. The van der Waals surface area contributed by atoms with Crippen LogP contribution in [0, 0.1) is 0 Å². The summed E-state index contributed by atoms with van der Waals surface area (Å²) < 4.78 is 5.21. The maximum absolute atomic E-state index is 11.8. The highest BCUT2D eigenvalue weighted by Gasteiger charge is 2.33. The third-order valence-corrected chi connectivity index (χ3v) is 4.48. The van der Waals surface area contributed by atoms with Gasteiger partial charge >= 0.3 is 0 Å². The van der Waals surface area contributed by atoms with Gasteiger partial charge in [-0.05, 0) is 30.3 Å². The van der Waals surface area contributed by atoms with E-state index in [4.69, 9.17) is 4.74 Å². The quantitative estimate of drug-likeness (QED) is 0.947. The second-order valence-corrected chi connectivity index (χ2v) is 5.95. The number of aliphatic hydroxyl groups is 1. The summed E-state index contributed by atoms with van der Waals surface area (Å²) in [6, 6.07) is 13.4. The first-order valence-corrected chi connectivity index (χ1v) is 7.33. The molecule has 1 aliphatic rings. The fourth-order valence-corrected chi connectivity index (χ4v) is 3.25. The molecule has 5 heteroatoms. The molecular formula is C16H15NO3S. The van der Waals surface area contributed by atoms with Gasteiger partial charge in [0.25, 0.3) is 5.91 Å². The van der Waals surface area contributed by atoms with Crippen LogP contribution in [0.4, 0.5) is 5.69 Å². The van der Waals surface area contributed by atoms with Crippen molar-refractivity contribution in [1.29, 1.82) is 0 Å². The number of hydrogen-bond donors (Lipinski definition) is 1. The van der Waals surface area contributed by atoms with Crippen molar-refractivity contribution < 1.29 is 14.6 Å². The first-order valence-electron chi connectivity index (χ1n) is 6.51. The summed E-state index contributed by atoms with van der Waals surface area (Å²) in [5, 5.41) is 9.85. The van der Waals surface area contributed by atoms with Crippen LogP contribution in [0.25, 0.3) is 0 Å². The summed E-state index contributed by atoms with van der Waals surface area (Å²) in [7, 11) is 3.32. The molecule has 0 aromatic heterocycles. The van der Waals surface area contributed by atoms with Crippen LogP contribution in [0.1, 0.15) is 11.7 Å². The highest BCUT2D eigenvalue weighted by Crippen LogP contribution is 2.39. The Morgan fingerprint density at radius 1 is 1.19 bits per heavy atom. The van der Waals surface area contributed by atoms with E-state index in [2.05, 4.69) is 0 Å². The maximum Gasteiger partial charge on any atom is 0.260 e. The normalized spacial score (nSPS) is 17.0. The van der Waals surface area contributed by atoms with Crippen molar-refractivity contribution in [1.82, 2.24) is 0 Å². The maximum atomic E-state index is 11.8. The minimum atomic E-state index is -1.04. The van der Waals surface area contributed by atoms with Crippen molar-refractivity contribution >= 4 is 23.4 Å². The molecule has 0 saturated heterocycles. The standard InChI is InChI=1S/C16H15NO3S/c1-17-14-9-12(6-7-13(14)15(18)16(17)19)21-11-5-3-4-10(8-11)20-2/h3-9,15,18H,1-2H3. The van der Waals surface area contributed by atoms with Crippen LogP contribution in [0.15, 0.2) is 52.3 Å². The largest absolute Gasteiger partial charge is 0.497 e. The second kappa shape index (κ2) is 5.42. The van der Waals surface area contributed by atoms with Gasteiger partial charge in [0.05, 0.1) is 12.8 Å². The van der Waals surface area contributed by atoms with Crippen LogP contribution < -0.4 is 9.64 Å². The minimum Gasteiger partial charge on any atom is -0.497 e. The Bertz CT molecular complexity index is 702. The van der Waals surface area contributed by atoms with Crippen molar-refractivity contribution in [2.24, 2.45) is 0 Å². The van der Waals surface area contributed by atoms with Gasteiger partial charge < -0.3 is 14.7 Å². The lowest BCUT2D eigenvalue weighted by Gasteiger charge is -2.11. The van der Waals surface area contributed by atoms with E-state index in [1.807, 2.05) is 42.5 Å². The van der Waals surface area contributed by atoms with E-state index < -0.39 is 6.10 Å². The number of benzene rings is 2. The molecule has 0 aliphatic carbocycles. The van der Waals surface area contributed by atoms with Crippen LogP contribution in [0.5, 0.6) is 5.75 Å². The zero-order valence-corrected chi connectivity index (χ0v) is 12.6. The van der Waals surface area contributed by atoms with Crippen LogP contribution in [-0.2, 0) is 4.79 Å². The molecule has 3 rings (SSSR count). The number of carbonyl (C=O) groups is 1. The van der Waals surface area contributed by atoms with Gasteiger partial charge in [-0.3, -0.25) is 4.79 Å². The molecule has 2 aromatic carbocycles. The lowest BCUT2D eigenvalue weighted by Crippen LogP contribution is -2.23. The number of methoxy groups -OCH3 is 1. The first-order chi connectivity index (χ1) is 10.1. The molecule has 1 atom stereocenters. The van der Waals surface area contributed by atoms with Crippen molar-refractivity contribution in [2.75, 3.05) is 19.1 Å². The number of fused-ring (bicyclic) bond motifs is 1. The van der Waals surface area contributed by atoms with E-state index in [0.29, 0.717) is 5.56 Å². The first kappa shape index (κ1) is 14.0. The summed E-state index contributed by atoms with van der Waals surface area (Å²) in [6.45, 7) is 0. The number of ether oxygens (including phenoxy) is 1. The molecular weight excluding hydrogens is 286 g/mol. The average molecular weight is 301 g/mol. The average Bonchev–Trinajstić information content (AvgIpc) is 2.72. The second-order valence-electron chi connectivity index (χ2n) is 4.80. The van der Waals surface area contributed by atoms with Crippen molar-refractivity contribution in [2.45, 2.75) is 15.9 Å². The molecule has 108 valence electrons. The Morgan fingerprint density at radius 2 is 1.95 bits per heavy atom. The van der Waals surface area contributed by atoms with Crippen molar-refractivity contribution in [3.05, 3.63) is 48.0 Å². The molecule has 0 fully saturated rings. The van der Waals surface area contributed by atoms with Crippen LogP contribution in [0.2, 0.25) is 0 Å². The van der Waals surface area contributed by atoms with Gasteiger partial charge in [-0.2, -0.15) is 0 Å². The highest BCUT2D eigenvalue weighted by molar-refractivity contribution is 7.99. The van der Waals surface area contributed by atoms with Crippen molar-refractivity contribution in [3.8, 4) is 5.75 Å². The van der Waals surface area contributed by atoms with Crippen molar-refractivity contribution in [3.63, 3.8) is 0 Å². The monoisotopic (exact) mass is 301 g/mol. The number of likely N-dealkylation sites (N-methyl/N-ethyl adjacent to an activating group) is 1. The number of nitrogens with zero attached hydrogens (tertiary/aromatic N) is 1. The summed E-state index contributed by atoms with van der Waals surface area (Å²) in [4.78, 5) is 15.3. The smallest absolute Gasteiger partial charge is 0.260 e. The third kappa shape index (κ3) is 2.50. The Kier molecular flexibility index (Phi) is 3.61. The molecule has 1 amide bonds. The fourth-order valence-electron chi connectivity index (χ4n) is 2.34. The van der Waals surface area contributed by atoms with E-state index in [-0.39, 0.29) is 5.91 Å². The van der Waals surface area contributed by atoms with Gasteiger partial charge in [0.1, 0.15) is 5.75 Å². The van der Waals surface area contributed by atoms with Gasteiger partial charge in [0, 0.05) is 22.4 Å². The predicted molar refractivity (Wildman–Crippen MR) is 81.9 cm³/mol. The van der Waals surface area contributed by atoms with Gasteiger partial charge in [-0.1, -0.05) is 23.9 Å². The topological polar surface area (TPSA) is 49.8 Å². The van der Waals surface area contributed by atoms with E-state index in [0.717, 1.165) is 21.2 Å². The number of amides is 1. The Hall–Kier alpha value is -1.98. The summed E-state index contributed by atoms with van der Waals surface area (Å²) in [5.41, 5.74) is 1.43. The molecule has 1 heterocycles. The Morgan fingerprint density at radius 3 is 2.71 bits per heavy atom. The lowest BCUT2D eigenvalue weighted by atomic mass is 10.1. The van der Waals surface area contributed by atoms with Crippen LogP contribution >= 0.6 is 11.8 Å². The zero-order chi connectivity index (χ0) is 15.0. The number of hydrogen-bond acceptors (Lipinski definition) is 4. The third-order valence-electron chi connectivity index (χ3n) is 3.50. The predicted octanol–water partition coefficient (Wildman–Crippen LogP) is 2.86. The Labute approximate surface area is 127 Å². The molecule has 1 N–H and O–H groups in total. The Balaban J connectivity index is 1.90. The molecule has 0 bridgehead atoms.